The van der Waals surface area contributed by atoms with Crippen LogP contribution in [-0.4, -0.2) is 106 Å². The highest BCUT2D eigenvalue weighted by atomic mass is 32.2. The number of fused-ring (bicyclic) bond motifs is 1. The van der Waals surface area contributed by atoms with Crippen molar-refractivity contribution in [2.24, 2.45) is 22.7 Å². The van der Waals surface area contributed by atoms with E-state index < -0.39 is 32.1 Å². The van der Waals surface area contributed by atoms with Crippen molar-refractivity contribution in [3.8, 4) is 11.7 Å². The van der Waals surface area contributed by atoms with Gasteiger partial charge in [0.2, 0.25) is 5.88 Å². The fraction of sp³-hybridized carbons (Fsp3) is 0.595. The second-order valence-corrected chi connectivity index (χ2v) is 19.0. The van der Waals surface area contributed by atoms with Crippen LogP contribution in [0.2, 0.25) is 5.21 Å². The number of aromatic nitrogens is 4. The lowest BCUT2D eigenvalue weighted by Gasteiger charge is -2.45. The molecule has 8 radical (unpaired) electrons. The molecule has 0 bridgehead atoms. The highest BCUT2D eigenvalue weighted by molar-refractivity contribution is 7.90. The Bertz CT molecular complexity index is 2060. The molecule has 4 fully saturated rings. The number of sulfonamides is 1. The molecule has 55 heavy (non-hydrogen) atoms. The average molecular weight is 759 g/mol. The first-order chi connectivity index (χ1) is 25.6. The van der Waals surface area contributed by atoms with Gasteiger partial charge in [-0.3, -0.25) is 4.79 Å². The molecule has 1 aliphatic heterocycles. The number of pyridine rings is 2. The molecule has 7 rings (SSSR count). The van der Waals surface area contributed by atoms with Gasteiger partial charge in [-0.25, -0.2) is 24.2 Å². The van der Waals surface area contributed by atoms with Gasteiger partial charge in [-0.2, -0.15) is 8.42 Å². The van der Waals surface area contributed by atoms with E-state index in [4.69, 9.17) is 40.9 Å². The number of ether oxygens (including phenoxy) is 2. The number of amides is 2. The second-order valence-electron chi connectivity index (χ2n) is 17.4. The average Bonchev–Trinajstić information content (AvgIpc) is 4.05. The predicted octanol–water partition coefficient (Wildman–Crippen LogP) is 4.02. The first-order valence-corrected chi connectivity index (χ1v) is 20.2. The molecule has 1 saturated heterocycles. The number of likely N-dealkylation sites (tertiary alicyclic amines) is 1. The first kappa shape index (κ1) is 39.3. The number of nitrogens with one attached hydrogen (secondary N) is 2. The number of hydrogen-bond acceptors (Lipinski definition) is 10. The summed E-state index contributed by atoms with van der Waals surface area (Å²) in [7, 11) is 21.5. The summed E-state index contributed by atoms with van der Waals surface area (Å²) in [5.41, 5.74) is -0.595. The Balaban J connectivity index is 0.898. The van der Waals surface area contributed by atoms with Crippen LogP contribution in [0.3, 0.4) is 0 Å². The third kappa shape index (κ3) is 7.51. The maximum absolute atomic E-state index is 13.2. The maximum atomic E-state index is 13.2. The summed E-state index contributed by atoms with van der Waals surface area (Å²) in [4.78, 5) is 36.0. The fourth-order valence-electron chi connectivity index (χ4n) is 8.85. The summed E-state index contributed by atoms with van der Waals surface area (Å²) >= 11 is 0. The summed E-state index contributed by atoms with van der Waals surface area (Å²) < 4.78 is 41.2. The summed E-state index contributed by atoms with van der Waals surface area (Å²) in [6.07, 6.45) is 9.28. The molecule has 0 aromatic carbocycles. The van der Waals surface area contributed by atoms with Gasteiger partial charge in [0.25, 0.3) is 15.9 Å². The van der Waals surface area contributed by atoms with Crippen LogP contribution >= 0.6 is 0 Å². The highest BCUT2D eigenvalue weighted by Gasteiger charge is 2.89. The monoisotopic (exact) mass is 759 g/mol. The molecule has 18 heteroatoms. The van der Waals surface area contributed by atoms with Crippen LogP contribution < -0.4 is 14.8 Å². The van der Waals surface area contributed by atoms with Crippen molar-refractivity contribution < 1.29 is 27.5 Å². The number of carbonyl (C=O) groups excluding carboxylic acids is 2. The minimum Gasteiger partial charge on any atom is -0.491 e. The number of carbonyl (C=O) groups is 2. The van der Waals surface area contributed by atoms with Crippen LogP contribution in [-0.2, 0) is 14.8 Å². The van der Waals surface area contributed by atoms with Crippen molar-refractivity contribution >= 4 is 59.2 Å². The third-order valence-corrected chi connectivity index (χ3v) is 13.0. The van der Waals surface area contributed by atoms with Crippen molar-refractivity contribution in [1.29, 1.82) is 0 Å². The largest absolute Gasteiger partial charge is 0.491 e. The van der Waals surface area contributed by atoms with E-state index in [-0.39, 0.29) is 44.8 Å². The molecule has 3 aromatic rings. The molecule has 2 N–H and O–H groups in total. The van der Waals surface area contributed by atoms with Crippen LogP contribution in [0.5, 0.6) is 5.88 Å². The van der Waals surface area contributed by atoms with E-state index >= 15 is 0 Å². The van der Waals surface area contributed by atoms with Gasteiger partial charge in [-0.05, 0) is 126 Å². The predicted molar refractivity (Wildman–Crippen MR) is 209 cm³/mol. The minimum absolute atomic E-state index is 0.00279. The Morgan fingerprint density at radius 3 is 2.31 bits per heavy atom. The number of hydrogen-bond donors (Lipinski definition) is 2. The third-order valence-electron chi connectivity index (χ3n) is 11.7. The number of nitrogens with zero attached hydrogens (tertiary/aromatic N) is 5. The smallest absolute Gasteiger partial charge is 0.410 e. The summed E-state index contributed by atoms with van der Waals surface area (Å²) in [6.45, 7) is 10.8. The molecule has 4 aliphatic rings. The molecule has 282 valence electrons. The maximum Gasteiger partial charge on any atom is 0.410 e. The van der Waals surface area contributed by atoms with Gasteiger partial charge in [0.1, 0.15) is 27.1 Å². The van der Waals surface area contributed by atoms with E-state index in [0.29, 0.717) is 30.6 Å². The SMILES string of the molecule is [B]C([B])(Oc1ccn(-c2ccc(C(=O)NS(=O)(=O)c3cccc(NCCC[C@@H]4CN(C(=O)OC(C)(C)C)C(C)(C)C4)n3)cn2)n1)C([B])([B])C1C2(CC2)C12CC2. The van der Waals surface area contributed by atoms with Gasteiger partial charge < -0.3 is 19.7 Å². The summed E-state index contributed by atoms with van der Waals surface area (Å²) in [6, 6.07) is 8.96. The Kier molecular flexibility index (Phi) is 9.53. The fourth-order valence-corrected chi connectivity index (χ4v) is 9.79. The molecule has 1 atom stereocenters. The molecule has 3 aliphatic carbocycles. The minimum atomic E-state index is -4.32. The molecule has 2 amide bonds. The van der Waals surface area contributed by atoms with Gasteiger partial charge in [0.05, 0.1) is 21.3 Å². The molecule has 0 unspecified atom stereocenters. The molecular formula is C37H45B4N7O6S. The van der Waals surface area contributed by atoms with Crippen molar-refractivity contribution in [3.63, 3.8) is 0 Å². The highest BCUT2D eigenvalue weighted by Crippen LogP contribution is 2.96. The topological polar surface area (TPSA) is 158 Å². The molecule has 3 saturated carbocycles. The van der Waals surface area contributed by atoms with E-state index in [1.165, 1.54) is 29.1 Å². The first-order valence-electron chi connectivity index (χ1n) is 18.7. The van der Waals surface area contributed by atoms with Gasteiger partial charge in [-0.1, -0.05) is 11.3 Å². The Morgan fingerprint density at radius 1 is 1.00 bits per heavy atom. The number of rotatable bonds is 13. The van der Waals surface area contributed by atoms with Crippen molar-refractivity contribution in [1.82, 2.24) is 29.4 Å². The van der Waals surface area contributed by atoms with Crippen LogP contribution in [0.1, 0.15) is 89.9 Å². The summed E-state index contributed by atoms with van der Waals surface area (Å²) in [5.74, 6) is 0.151. The lowest BCUT2D eigenvalue weighted by molar-refractivity contribution is 0.0130. The standard InChI is InChI=1S/C37H45B4N7O6S/c1-32(2,3)54-31(50)47-22-23(20-33(47,4)5)8-7-18-42-25-9-6-10-28(44-25)55(51,52)46-29(49)24-11-12-26(43-21-24)48-19-13-27(45-48)53-37(40,41)36(38,39)30-34(14-15-34)35(30)16-17-35/h6,9-13,19,21,23,30H,7-8,14-18,20,22H2,1-5H3,(H,42,44)(H,46,49)/t23-/m0/s1. The Hall–Kier alpha value is -3.94. The van der Waals surface area contributed by atoms with Crippen LogP contribution in [0, 0.1) is 22.7 Å². The zero-order valence-electron chi connectivity index (χ0n) is 32.0. The zero-order valence-corrected chi connectivity index (χ0v) is 32.9. The van der Waals surface area contributed by atoms with Crippen molar-refractivity contribution in [2.45, 2.75) is 106 Å². The van der Waals surface area contributed by atoms with E-state index in [1.54, 1.807) is 29.3 Å². The van der Waals surface area contributed by atoms with Crippen LogP contribution in [0.15, 0.2) is 53.8 Å². The van der Waals surface area contributed by atoms with Gasteiger partial charge in [0, 0.05) is 42.5 Å². The van der Waals surface area contributed by atoms with E-state index in [1.807, 2.05) is 34.6 Å². The van der Waals surface area contributed by atoms with E-state index in [2.05, 4.69) is 25.1 Å². The zero-order chi connectivity index (χ0) is 39.8. The summed E-state index contributed by atoms with van der Waals surface area (Å²) in [5, 5.41) is 3.85. The van der Waals surface area contributed by atoms with Crippen molar-refractivity contribution in [3.05, 3.63) is 54.4 Å². The number of anilines is 1. The van der Waals surface area contributed by atoms with Crippen LogP contribution in [0.25, 0.3) is 5.82 Å². The van der Waals surface area contributed by atoms with Gasteiger partial charge in [0.15, 0.2) is 10.8 Å². The quantitative estimate of drug-likeness (QED) is 0.193. The lowest BCUT2D eigenvalue weighted by Crippen LogP contribution is -2.52. The Labute approximate surface area is 328 Å². The van der Waals surface area contributed by atoms with E-state index in [0.717, 1.165) is 44.9 Å². The Morgan fingerprint density at radius 2 is 1.69 bits per heavy atom. The van der Waals surface area contributed by atoms with Gasteiger partial charge in [-0.15, -0.1) is 5.10 Å². The normalized spacial score (nSPS) is 21.0. The molecule has 4 heterocycles. The van der Waals surface area contributed by atoms with Crippen molar-refractivity contribution in [2.75, 3.05) is 18.4 Å². The van der Waals surface area contributed by atoms with E-state index in [9.17, 15) is 18.0 Å². The van der Waals surface area contributed by atoms with Gasteiger partial charge >= 0.3 is 6.09 Å². The molecule has 3 aromatic heterocycles. The second kappa shape index (κ2) is 13.3. The molecule has 13 nitrogen and oxygen atoms in total. The molecule has 2 spiro atoms. The van der Waals surface area contributed by atoms with Crippen LogP contribution in [0.4, 0.5) is 10.6 Å². The lowest BCUT2D eigenvalue weighted by atomic mass is 9.33. The molecular weight excluding hydrogens is 714 g/mol.